The minimum atomic E-state index is -0.580. The Labute approximate surface area is 117 Å². The summed E-state index contributed by atoms with van der Waals surface area (Å²) in [5, 5.41) is 5.74. The molecule has 2 amide bonds. The molecule has 1 aromatic rings. The zero-order valence-electron chi connectivity index (χ0n) is 11.4. The second-order valence-electron chi connectivity index (χ2n) is 4.19. The first-order chi connectivity index (χ1) is 9.54. The second kappa shape index (κ2) is 8.00. The Balaban J connectivity index is 2.40. The summed E-state index contributed by atoms with van der Waals surface area (Å²) >= 11 is 0. The molecule has 110 valence electrons. The minimum absolute atomic E-state index is 0.0693. The molecule has 0 aliphatic rings. The molecule has 0 spiro atoms. The van der Waals surface area contributed by atoms with E-state index in [1.54, 1.807) is 25.3 Å². The van der Waals surface area contributed by atoms with Crippen LogP contribution in [0.1, 0.15) is 16.8 Å². The smallest absolute Gasteiger partial charge is 0.250 e. The summed E-state index contributed by atoms with van der Waals surface area (Å²) in [6.45, 7) is 1.42. The Morgan fingerprint density at radius 3 is 2.70 bits per heavy atom. The van der Waals surface area contributed by atoms with Gasteiger partial charge in [-0.3, -0.25) is 9.59 Å². The average molecular weight is 280 g/mol. The lowest BCUT2D eigenvalue weighted by atomic mass is 10.1. The number of benzene rings is 1. The van der Waals surface area contributed by atoms with Gasteiger partial charge in [-0.1, -0.05) is 0 Å². The molecular weight excluding hydrogens is 260 g/mol. The lowest BCUT2D eigenvalue weighted by Crippen LogP contribution is -2.28. The average Bonchev–Trinajstić information content (AvgIpc) is 2.40. The van der Waals surface area contributed by atoms with Crippen LogP contribution in [0.5, 0.6) is 0 Å². The Bertz CT molecular complexity index is 477. The molecule has 6 N–H and O–H groups in total. The summed E-state index contributed by atoms with van der Waals surface area (Å²) in [5.74, 6) is -0.649. The lowest BCUT2D eigenvalue weighted by molar-refractivity contribution is -0.121. The SMILES string of the molecule is COCCNC(=O)CCNc1ccc(N)c(C(N)=O)c1. The van der Waals surface area contributed by atoms with Gasteiger partial charge in [-0.05, 0) is 18.2 Å². The fraction of sp³-hybridized carbons (Fsp3) is 0.385. The zero-order valence-corrected chi connectivity index (χ0v) is 11.4. The predicted molar refractivity (Wildman–Crippen MR) is 77.4 cm³/mol. The van der Waals surface area contributed by atoms with E-state index >= 15 is 0 Å². The quantitative estimate of drug-likeness (QED) is 0.392. The molecular formula is C13H20N4O3. The van der Waals surface area contributed by atoms with E-state index in [1.165, 1.54) is 0 Å². The molecule has 20 heavy (non-hydrogen) atoms. The lowest BCUT2D eigenvalue weighted by Gasteiger charge is -2.09. The molecule has 0 aliphatic heterocycles. The van der Waals surface area contributed by atoms with E-state index in [9.17, 15) is 9.59 Å². The van der Waals surface area contributed by atoms with Crippen molar-refractivity contribution in [3.63, 3.8) is 0 Å². The third-order valence-corrected chi connectivity index (χ3v) is 2.63. The zero-order chi connectivity index (χ0) is 15.0. The van der Waals surface area contributed by atoms with Gasteiger partial charge >= 0.3 is 0 Å². The van der Waals surface area contributed by atoms with Crippen LogP contribution >= 0.6 is 0 Å². The van der Waals surface area contributed by atoms with E-state index in [2.05, 4.69) is 10.6 Å². The highest BCUT2D eigenvalue weighted by Crippen LogP contribution is 2.17. The van der Waals surface area contributed by atoms with E-state index < -0.39 is 5.91 Å². The van der Waals surface area contributed by atoms with Crippen LogP contribution in [-0.4, -0.2) is 38.6 Å². The largest absolute Gasteiger partial charge is 0.398 e. The molecule has 0 atom stereocenters. The number of hydrogen-bond donors (Lipinski definition) is 4. The maximum atomic E-state index is 11.4. The summed E-state index contributed by atoms with van der Waals surface area (Å²) in [6, 6.07) is 4.90. The van der Waals surface area contributed by atoms with Gasteiger partial charge in [0, 0.05) is 38.0 Å². The first-order valence-electron chi connectivity index (χ1n) is 6.23. The number of rotatable bonds is 8. The van der Waals surface area contributed by atoms with Crippen molar-refractivity contribution in [1.82, 2.24) is 5.32 Å². The fourth-order valence-corrected chi connectivity index (χ4v) is 1.58. The summed E-state index contributed by atoms with van der Waals surface area (Å²) < 4.78 is 4.83. The number of ether oxygens (including phenoxy) is 1. The maximum Gasteiger partial charge on any atom is 0.250 e. The van der Waals surface area contributed by atoms with Crippen LogP contribution in [0.15, 0.2) is 18.2 Å². The van der Waals surface area contributed by atoms with Crippen molar-refractivity contribution in [1.29, 1.82) is 0 Å². The second-order valence-corrected chi connectivity index (χ2v) is 4.19. The predicted octanol–water partition coefficient (Wildman–Crippen LogP) is -0.0677. The van der Waals surface area contributed by atoms with Crippen LogP contribution in [0.2, 0.25) is 0 Å². The van der Waals surface area contributed by atoms with Crippen molar-refractivity contribution in [2.24, 2.45) is 5.73 Å². The van der Waals surface area contributed by atoms with Crippen LogP contribution in [0.25, 0.3) is 0 Å². The number of nitrogens with two attached hydrogens (primary N) is 2. The third-order valence-electron chi connectivity index (χ3n) is 2.63. The van der Waals surface area contributed by atoms with Gasteiger partial charge in [-0.2, -0.15) is 0 Å². The molecule has 0 aromatic heterocycles. The highest BCUT2D eigenvalue weighted by atomic mass is 16.5. The van der Waals surface area contributed by atoms with Crippen molar-refractivity contribution in [2.45, 2.75) is 6.42 Å². The van der Waals surface area contributed by atoms with Crippen LogP contribution in [0.4, 0.5) is 11.4 Å². The van der Waals surface area contributed by atoms with Gasteiger partial charge in [0.05, 0.1) is 12.2 Å². The molecule has 0 unspecified atom stereocenters. The number of primary amides is 1. The molecule has 0 radical (unpaired) electrons. The van der Waals surface area contributed by atoms with Gasteiger partial charge in [0.25, 0.3) is 5.91 Å². The number of nitrogens with one attached hydrogen (secondary N) is 2. The molecule has 0 fully saturated rings. The minimum Gasteiger partial charge on any atom is -0.398 e. The van der Waals surface area contributed by atoms with Crippen molar-refractivity contribution in [3.8, 4) is 0 Å². The van der Waals surface area contributed by atoms with E-state index in [-0.39, 0.29) is 11.5 Å². The molecule has 1 rings (SSSR count). The topological polar surface area (TPSA) is 119 Å². The molecule has 7 heteroatoms. The van der Waals surface area contributed by atoms with Crippen molar-refractivity contribution in [2.75, 3.05) is 37.9 Å². The van der Waals surface area contributed by atoms with Crippen molar-refractivity contribution >= 4 is 23.2 Å². The van der Waals surface area contributed by atoms with Crippen molar-refractivity contribution < 1.29 is 14.3 Å². The molecule has 0 saturated carbocycles. The van der Waals surface area contributed by atoms with Crippen LogP contribution in [0.3, 0.4) is 0 Å². The van der Waals surface area contributed by atoms with Gasteiger partial charge in [-0.15, -0.1) is 0 Å². The highest BCUT2D eigenvalue weighted by molar-refractivity contribution is 5.98. The molecule has 0 saturated heterocycles. The summed E-state index contributed by atoms with van der Waals surface area (Å²) in [7, 11) is 1.57. The maximum absolute atomic E-state index is 11.4. The van der Waals surface area contributed by atoms with Crippen molar-refractivity contribution in [3.05, 3.63) is 23.8 Å². The number of nitrogen functional groups attached to an aromatic ring is 1. The normalized spacial score (nSPS) is 10.1. The van der Waals surface area contributed by atoms with Gasteiger partial charge in [-0.25, -0.2) is 0 Å². The molecule has 0 heterocycles. The van der Waals surface area contributed by atoms with E-state index in [1.807, 2.05) is 0 Å². The van der Waals surface area contributed by atoms with Crippen LogP contribution < -0.4 is 22.1 Å². The third kappa shape index (κ3) is 5.15. The number of amides is 2. The first-order valence-corrected chi connectivity index (χ1v) is 6.23. The van der Waals surface area contributed by atoms with Crippen LogP contribution in [0, 0.1) is 0 Å². The van der Waals surface area contributed by atoms with E-state index in [4.69, 9.17) is 16.2 Å². The highest BCUT2D eigenvalue weighted by Gasteiger charge is 2.07. The van der Waals surface area contributed by atoms with Gasteiger partial charge in [0.1, 0.15) is 0 Å². The van der Waals surface area contributed by atoms with Gasteiger partial charge < -0.3 is 26.8 Å². The number of methoxy groups -OCH3 is 1. The Hall–Kier alpha value is -2.28. The Morgan fingerprint density at radius 1 is 1.30 bits per heavy atom. The number of carbonyl (C=O) groups is 2. The Morgan fingerprint density at radius 2 is 2.05 bits per heavy atom. The molecule has 0 aliphatic carbocycles. The molecule has 1 aromatic carbocycles. The summed E-state index contributed by atoms with van der Waals surface area (Å²) in [5.41, 5.74) is 12.1. The summed E-state index contributed by atoms with van der Waals surface area (Å²) in [6.07, 6.45) is 0.319. The van der Waals surface area contributed by atoms with E-state index in [0.717, 1.165) is 0 Å². The van der Waals surface area contributed by atoms with Crippen LogP contribution in [-0.2, 0) is 9.53 Å². The number of carbonyl (C=O) groups excluding carboxylic acids is 2. The first kappa shape index (κ1) is 15.8. The summed E-state index contributed by atoms with van der Waals surface area (Å²) in [4.78, 5) is 22.6. The molecule has 0 bridgehead atoms. The van der Waals surface area contributed by atoms with E-state index in [0.29, 0.717) is 37.5 Å². The number of anilines is 2. The number of hydrogen-bond acceptors (Lipinski definition) is 5. The van der Waals surface area contributed by atoms with Gasteiger partial charge in [0.2, 0.25) is 5.91 Å². The molecule has 7 nitrogen and oxygen atoms in total. The standard InChI is InChI=1S/C13H20N4O3/c1-20-7-6-17-12(18)4-5-16-9-2-3-11(14)10(8-9)13(15)19/h2-3,8,16H,4-7,14H2,1H3,(H2,15,19)(H,17,18). The monoisotopic (exact) mass is 280 g/mol. The Kier molecular flexibility index (Phi) is 6.31. The van der Waals surface area contributed by atoms with Gasteiger partial charge in [0.15, 0.2) is 0 Å². The fourth-order valence-electron chi connectivity index (χ4n) is 1.58.